The Balaban J connectivity index is 2.43. The minimum Gasteiger partial charge on any atom is -0.370 e. The van der Waals surface area contributed by atoms with Gasteiger partial charge >= 0.3 is 0 Å². The standard InChI is InChI=1S/C14H14N6O/c15-13(16)20-14(17)19-10-6-2-1-5-9(10)12(21)11-7-3-4-8-18-11/h1-8H,(H6,15,16,17,19,20). The van der Waals surface area contributed by atoms with Gasteiger partial charge < -0.3 is 17.2 Å². The third-order valence-corrected chi connectivity index (χ3v) is 2.52. The number of aromatic nitrogens is 1. The Kier molecular flexibility index (Phi) is 4.25. The Morgan fingerprint density at radius 1 is 1.00 bits per heavy atom. The molecule has 1 aromatic carbocycles. The monoisotopic (exact) mass is 282 g/mol. The number of carbonyl (C=O) groups excluding carboxylic acids is 1. The maximum Gasteiger partial charge on any atom is 0.223 e. The third-order valence-electron chi connectivity index (χ3n) is 2.52. The lowest BCUT2D eigenvalue weighted by Gasteiger charge is -2.04. The fourth-order valence-electron chi connectivity index (χ4n) is 1.68. The number of pyridine rings is 1. The van der Waals surface area contributed by atoms with Crippen LogP contribution in [0.15, 0.2) is 58.6 Å². The first-order valence-electron chi connectivity index (χ1n) is 6.06. The van der Waals surface area contributed by atoms with Crippen LogP contribution in [-0.4, -0.2) is 22.7 Å². The first-order chi connectivity index (χ1) is 10.1. The number of hydrogen-bond donors (Lipinski definition) is 3. The number of para-hydroxylation sites is 1. The Hall–Kier alpha value is -3.22. The summed E-state index contributed by atoms with van der Waals surface area (Å²) in [6.45, 7) is 0. The van der Waals surface area contributed by atoms with Gasteiger partial charge in [0.1, 0.15) is 5.69 Å². The zero-order valence-corrected chi connectivity index (χ0v) is 11.1. The summed E-state index contributed by atoms with van der Waals surface area (Å²) >= 11 is 0. The van der Waals surface area contributed by atoms with Crippen LogP contribution in [0.5, 0.6) is 0 Å². The second kappa shape index (κ2) is 6.29. The van der Waals surface area contributed by atoms with Gasteiger partial charge in [0, 0.05) is 11.8 Å². The number of ketones is 1. The number of benzene rings is 1. The van der Waals surface area contributed by atoms with Crippen LogP contribution in [0.1, 0.15) is 16.1 Å². The Morgan fingerprint density at radius 3 is 2.38 bits per heavy atom. The molecular formula is C14H14N6O. The summed E-state index contributed by atoms with van der Waals surface area (Å²) in [5.74, 6) is -0.589. The van der Waals surface area contributed by atoms with E-state index in [-0.39, 0.29) is 17.7 Å². The lowest BCUT2D eigenvalue weighted by Crippen LogP contribution is -2.26. The fraction of sp³-hybridized carbons (Fsp3) is 0. The summed E-state index contributed by atoms with van der Waals surface area (Å²) in [7, 11) is 0. The molecule has 0 aliphatic carbocycles. The minimum atomic E-state index is -0.257. The van der Waals surface area contributed by atoms with Crippen LogP contribution in [0.2, 0.25) is 0 Å². The smallest absolute Gasteiger partial charge is 0.223 e. The average molecular weight is 282 g/mol. The molecule has 0 spiro atoms. The molecule has 2 aromatic rings. The molecule has 0 aliphatic heterocycles. The number of carbonyl (C=O) groups is 1. The summed E-state index contributed by atoms with van der Waals surface area (Å²) in [5.41, 5.74) is 17.1. The van der Waals surface area contributed by atoms with E-state index in [0.717, 1.165) is 0 Å². The van der Waals surface area contributed by atoms with E-state index in [9.17, 15) is 4.79 Å². The Morgan fingerprint density at radius 2 is 1.71 bits per heavy atom. The number of hydrogen-bond acceptors (Lipinski definition) is 3. The van der Waals surface area contributed by atoms with Crippen LogP contribution in [0.3, 0.4) is 0 Å². The van der Waals surface area contributed by atoms with Crippen molar-refractivity contribution in [3.05, 3.63) is 59.9 Å². The number of rotatable bonds is 3. The van der Waals surface area contributed by atoms with Gasteiger partial charge in [0.2, 0.25) is 11.7 Å². The third kappa shape index (κ3) is 3.63. The highest BCUT2D eigenvalue weighted by atomic mass is 16.1. The first kappa shape index (κ1) is 14.2. The van der Waals surface area contributed by atoms with Gasteiger partial charge in [-0.15, -0.1) is 0 Å². The molecule has 21 heavy (non-hydrogen) atoms. The minimum absolute atomic E-state index is 0.128. The molecule has 0 bridgehead atoms. The molecule has 0 aliphatic rings. The van der Waals surface area contributed by atoms with Gasteiger partial charge in [-0.05, 0) is 24.3 Å². The van der Waals surface area contributed by atoms with Gasteiger partial charge in [-0.25, -0.2) is 4.99 Å². The average Bonchev–Trinajstić information content (AvgIpc) is 2.47. The van der Waals surface area contributed by atoms with Crippen LogP contribution in [0, 0.1) is 0 Å². The van der Waals surface area contributed by atoms with Crippen molar-refractivity contribution in [2.24, 2.45) is 27.2 Å². The van der Waals surface area contributed by atoms with E-state index in [4.69, 9.17) is 17.2 Å². The molecular weight excluding hydrogens is 268 g/mol. The molecule has 1 heterocycles. The molecule has 2 rings (SSSR count). The molecule has 7 nitrogen and oxygen atoms in total. The zero-order valence-electron chi connectivity index (χ0n) is 11.1. The molecule has 0 fully saturated rings. The lowest BCUT2D eigenvalue weighted by molar-refractivity contribution is 0.103. The van der Waals surface area contributed by atoms with Crippen molar-refractivity contribution in [2.75, 3.05) is 0 Å². The van der Waals surface area contributed by atoms with Crippen LogP contribution < -0.4 is 17.2 Å². The van der Waals surface area contributed by atoms with Gasteiger partial charge in [0.05, 0.1) is 5.69 Å². The normalized spacial score (nSPS) is 11.0. The van der Waals surface area contributed by atoms with Crippen molar-refractivity contribution < 1.29 is 4.79 Å². The van der Waals surface area contributed by atoms with E-state index in [0.29, 0.717) is 16.9 Å². The SMILES string of the molecule is NC(N)=NC(N)=Nc1ccccc1C(=O)c1ccccn1. The van der Waals surface area contributed by atoms with E-state index in [2.05, 4.69) is 15.0 Å². The molecule has 0 unspecified atom stereocenters. The van der Waals surface area contributed by atoms with Gasteiger partial charge in [0.15, 0.2) is 5.96 Å². The molecule has 0 radical (unpaired) electrons. The first-order valence-corrected chi connectivity index (χ1v) is 6.06. The Bertz CT molecular complexity index is 704. The molecule has 0 saturated heterocycles. The number of guanidine groups is 2. The second-order valence-electron chi connectivity index (χ2n) is 4.07. The highest BCUT2D eigenvalue weighted by Gasteiger charge is 2.14. The largest absolute Gasteiger partial charge is 0.370 e. The quantitative estimate of drug-likeness (QED) is 0.429. The van der Waals surface area contributed by atoms with E-state index < -0.39 is 0 Å². The van der Waals surface area contributed by atoms with Crippen molar-refractivity contribution in [3.8, 4) is 0 Å². The number of aliphatic imine (C=N–C) groups is 2. The van der Waals surface area contributed by atoms with Gasteiger partial charge in [-0.1, -0.05) is 18.2 Å². The van der Waals surface area contributed by atoms with Gasteiger partial charge in [-0.2, -0.15) is 4.99 Å². The van der Waals surface area contributed by atoms with Crippen molar-refractivity contribution in [1.82, 2.24) is 4.98 Å². The van der Waals surface area contributed by atoms with Crippen LogP contribution in [-0.2, 0) is 0 Å². The van der Waals surface area contributed by atoms with Crippen molar-refractivity contribution in [3.63, 3.8) is 0 Å². The van der Waals surface area contributed by atoms with E-state index in [1.165, 1.54) is 0 Å². The van der Waals surface area contributed by atoms with Gasteiger partial charge in [-0.3, -0.25) is 9.78 Å². The summed E-state index contributed by atoms with van der Waals surface area (Å²) in [6, 6.07) is 11.8. The molecule has 0 atom stereocenters. The van der Waals surface area contributed by atoms with Crippen LogP contribution >= 0.6 is 0 Å². The Labute approximate surface area is 121 Å². The van der Waals surface area contributed by atoms with E-state index in [1.807, 2.05) is 0 Å². The summed E-state index contributed by atoms with van der Waals surface area (Å²) < 4.78 is 0. The molecule has 7 heteroatoms. The highest BCUT2D eigenvalue weighted by Crippen LogP contribution is 2.21. The van der Waals surface area contributed by atoms with Crippen molar-refractivity contribution in [1.29, 1.82) is 0 Å². The van der Waals surface area contributed by atoms with E-state index in [1.54, 1.807) is 48.7 Å². The predicted octanol–water partition coefficient (Wildman–Crippen LogP) is 0.532. The molecule has 6 N–H and O–H groups in total. The van der Waals surface area contributed by atoms with E-state index >= 15 is 0 Å². The zero-order chi connectivity index (χ0) is 15.2. The number of nitrogens with two attached hydrogens (primary N) is 3. The summed E-state index contributed by atoms with van der Waals surface area (Å²) in [4.78, 5) is 24.1. The molecule has 0 saturated carbocycles. The summed E-state index contributed by atoms with van der Waals surface area (Å²) in [5, 5.41) is 0. The van der Waals surface area contributed by atoms with Crippen molar-refractivity contribution in [2.45, 2.75) is 0 Å². The number of nitrogens with zero attached hydrogens (tertiary/aromatic N) is 3. The maximum absolute atomic E-state index is 12.4. The van der Waals surface area contributed by atoms with Gasteiger partial charge in [0.25, 0.3) is 0 Å². The second-order valence-corrected chi connectivity index (χ2v) is 4.07. The van der Waals surface area contributed by atoms with Crippen LogP contribution in [0.4, 0.5) is 5.69 Å². The summed E-state index contributed by atoms with van der Waals surface area (Å²) in [6.07, 6.45) is 1.55. The molecule has 106 valence electrons. The highest BCUT2D eigenvalue weighted by molar-refractivity contribution is 6.11. The molecule has 1 aromatic heterocycles. The maximum atomic E-state index is 12.4. The topological polar surface area (TPSA) is 133 Å². The lowest BCUT2D eigenvalue weighted by atomic mass is 10.1. The van der Waals surface area contributed by atoms with Crippen molar-refractivity contribution >= 4 is 23.4 Å². The predicted molar refractivity (Wildman–Crippen MR) is 81.2 cm³/mol. The molecule has 0 amide bonds. The fourth-order valence-corrected chi connectivity index (χ4v) is 1.68. The van der Waals surface area contributed by atoms with Crippen LogP contribution in [0.25, 0.3) is 0 Å².